The van der Waals surface area contributed by atoms with Crippen molar-refractivity contribution in [2.75, 3.05) is 0 Å². The topological polar surface area (TPSA) is 23.0 Å². The number of nitrogens with zero attached hydrogens (tertiary/aromatic N) is 2. The first kappa shape index (κ1) is 27.1. The van der Waals surface area contributed by atoms with Gasteiger partial charge in [0.15, 0.2) is 8.07 Å². The highest BCUT2D eigenvalue weighted by Gasteiger charge is 2.42. The van der Waals surface area contributed by atoms with Crippen LogP contribution in [0.5, 0.6) is 0 Å². The molecule has 0 amide bonds. The third kappa shape index (κ3) is 4.27. The van der Waals surface area contributed by atoms with Crippen molar-refractivity contribution < 1.29 is 8.53 Å². The number of aryl methyl sites for hydroxylation is 1. The molecule has 3 heterocycles. The van der Waals surface area contributed by atoms with Gasteiger partial charge in [0.05, 0.1) is 11.0 Å². The van der Waals surface area contributed by atoms with Crippen LogP contribution < -0.4 is 20.7 Å². The molecular formula is C49H34N2OSi. The standard InChI is InChI=1S/C49H34N2OSi/c1-50-44-27-24-33(51-46-21-11-8-18-38(46)39-19-9-12-22-47(39)51)30-41(44)42-31-36(25-28-45(42)50)53(34-14-4-2-5-15-34,35-16-6-3-7-17-35)37-26-29-49-43(32-37)40-20-10-13-23-48(40)52-49/h2-32H,1H3/i1D3. The largest absolute Gasteiger partial charge is 0.456 e. The molecule has 0 N–H and O–H groups in total. The van der Waals surface area contributed by atoms with Crippen LogP contribution in [0, 0.1) is 0 Å². The van der Waals surface area contributed by atoms with Gasteiger partial charge in [0.1, 0.15) is 11.2 Å². The van der Waals surface area contributed by atoms with Gasteiger partial charge in [0.2, 0.25) is 0 Å². The molecule has 0 aliphatic heterocycles. The Bertz CT molecular complexity index is 3210. The fourth-order valence-corrected chi connectivity index (χ4v) is 13.7. The lowest BCUT2D eigenvalue weighted by Crippen LogP contribution is -2.74. The van der Waals surface area contributed by atoms with Crippen LogP contribution in [-0.2, 0) is 6.98 Å². The molecule has 4 heteroatoms. The smallest absolute Gasteiger partial charge is 0.179 e. The van der Waals surface area contributed by atoms with E-state index in [1.165, 1.54) is 36.1 Å². The van der Waals surface area contributed by atoms with Crippen LogP contribution in [0.1, 0.15) is 4.11 Å². The van der Waals surface area contributed by atoms with E-state index in [4.69, 9.17) is 8.53 Å². The van der Waals surface area contributed by atoms with Crippen LogP contribution in [-0.4, -0.2) is 17.2 Å². The molecule has 0 aliphatic rings. The zero-order chi connectivity index (χ0) is 37.6. The van der Waals surface area contributed by atoms with E-state index in [-0.39, 0.29) is 0 Å². The van der Waals surface area contributed by atoms with Crippen molar-refractivity contribution in [1.29, 1.82) is 0 Å². The van der Waals surface area contributed by atoms with Crippen LogP contribution in [0.4, 0.5) is 0 Å². The Kier molecular flexibility index (Phi) is 5.85. The summed E-state index contributed by atoms with van der Waals surface area (Å²) in [5.41, 5.74) is 6.28. The Labute approximate surface area is 311 Å². The Morgan fingerprint density at radius 2 is 0.906 bits per heavy atom. The van der Waals surface area contributed by atoms with Crippen molar-refractivity contribution in [1.82, 2.24) is 9.13 Å². The number of hydrogen-bond donors (Lipinski definition) is 0. The first-order valence-corrected chi connectivity index (χ1v) is 20.0. The number of hydrogen-bond acceptors (Lipinski definition) is 1. The van der Waals surface area contributed by atoms with E-state index in [9.17, 15) is 0 Å². The molecule has 11 rings (SSSR count). The van der Waals surface area contributed by atoms with Gasteiger partial charge in [0, 0.05) is 60.1 Å². The molecule has 3 aromatic heterocycles. The summed E-state index contributed by atoms with van der Waals surface area (Å²) in [4.78, 5) is 0. The minimum absolute atomic E-state index is 0.680. The molecule has 0 radical (unpaired) electrons. The van der Waals surface area contributed by atoms with Gasteiger partial charge in [-0.05, 0) is 69.3 Å². The van der Waals surface area contributed by atoms with Crippen molar-refractivity contribution in [3.8, 4) is 5.69 Å². The summed E-state index contributed by atoms with van der Waals surface area (Å²) in [6.45, 7) is -2.39. The minimum Gasteiger partial charge on any atom is -0.456 e. The van der Waals surface area contributed by atoms with Crippen LogP contribution in [0.25, 0.3) is 71.2 Å². The maximum atomic E-state index is 8.76. The highest BCUT2D eigenvalue weighted by Crippen LogP contribution is 2.35. The maximum Gasteiger partial charge on any atom is 0.179 e. The molecular weight excluding hydrogens is 661 g/mol. The lowest BCUT2D eigenvalue weighted by atomic mass is 10.1. The highest BCUT2D eigenvalue weighted by molar-refractivity contribution is 7.20. The third-order valence-corrected chi connectivity index (χ3v) is 16.0. The average molecular weight is 698 g/mol. The lowest BCUT2D eigenvalue weighted by Gasteiger charge is -2.34. The fourth-order valence-electron chi connectivity index (χ4n) is 8.92. The van der Waals surface area contributed by atoms with Gasteiger partial charge < -0.3 is 13.6 Å². The molecule has 0 spiro atoms. The molecule has 11 aromatic rings. The summed E-state index contributed by atoms with van der Waals surface area (Å²) in [5.74, 6) is 0. The van der Waals surface area contributed by atoms with Gasteiger partial charge in [-0.15, -0.1) is 0 Å². The van der Waals surface area contributed by atoms with E-state index in [1.807, 2.05) is 24.3 Å². The molecule has 8 aromatic carbocycles. The van der Waals surface area contributed by atoms with Gasteiger partial charge in [-0.2, -0.15) is 0 Å². The second kappa shape index (κ2) is 11.4. The first-order valence-electron chi connectivity index (χ1n) is 19.5. The summed E-state index contributed by atoms with van der Waals surface area (Å²) in [6, 6.07) is 66.3. The van der Waals surface area contributed by atoms with Crippen molar-refractivity contribution in [2.24, 2.45) is 6.98 Å². The number of benzene rings is 8. The molecule has 0 fully saturated rings. The summed E-state index contributed by atoms with van der Waals surface area (Å²) in [5, 5.41) is 11.2. The van der Waals surface area contributed by atoms with Gasteiger partial charge in [-0.3, -0.25) is 0 Å². The molecule has 3 nitrogen and oxygen atoms in total. The van der Waals surface area contributed by atoms with E-state index in [1.54, 1.807) is 0 Å². The SMILES string of the molecule is [2H]C([2H])([2H])n1c2ccc(-n3c4ccccc4c4ccccc43)cc2c2cc([Si](c3ccccc3)(c3ccccc3)c3ccc4oc5ccccc5c4c3)ccc21. The second-order valence-corrected chi connectivity index (χ2v) is 17.7. The molecule has 0 saturated carbocycles. The Morgan fingerprint density at radius 1 is 0.396 bits per heavy atom. The first-order chi connectivity index (χ1) is 27.4. The third-order valence-electron chi connectivity index (χ3n) is 11.2. The highest BCUT2D eigenvalue weighted by atomic mass is 28.3. The van der Waals surface area contributed by atoms with Crippen molar-refractivity contribution in [3.05, 3.63) is 188 Å². The van der Waals surface area contributed by atoms with E-state index in [2.05, 4.69) is 168 Å². The maximum absolute atomic E-state index is 8.76. The zero-order valence-corrected chi connectivity index (χ0v) is 29.7. The number of fused-ring (bicyclic) bond motifs is 9. The predicted molar refractivity (Wildman–Crippen MR) is 226 cm³/mol. The summed E-state index contributed by atoms with van der Waals surface area (Å²) < 4.78 is 36.4. The number of furan rings is 1. The Morgan fingerprint density at radius 3 is 1.57 bits per heavy atom. The minimum atomic E-state index is -3.06. The predicted octanol–water partition coefficient (Wildman–Crippen LogP) is 9.71. The van der Waals surface area contributed by atoms with Gasteiger partial charge in [-0.1, -0.05) is 140 Å². The Balaban J connectivity index is 1.25. The number of para-hydroxylation sites is 3. The second-order valence-electron chi connectivity index (χ2n) is 13.9. The molecule has 0 bridgehead atoms. The van der Waals surface area contributed by atoms with Crippen molar-refractivity contribution in [3.63, 3.8) is 0 Å². The molecule has 250 valence electrons. The van der Waals surface area contributed by atoms with E-state index in [0.29, 0.717) is 11.0 Å². The summed E-state index contributed by atoms with van der Waals surface area (Å²) >= 11 is 0. The van der Waals surface area contributed by atoms with Gasteiger partial charge in [0.25, 0.3) is 0 Å². The molecule has 0 aliphatic carbocycles. The fraction of sp³-hybridized carbons (Fsp3) is 0.0204. The normalized spacial score (nSPS) is 13.3. The molecule has 53 heavy (non-hydrogen) atoms. The zero-order valence-electron chi connectivity index (χ0n) is 31.7. The van der Waals surface area contributed by atoms with Crippen LogP contribution in [0.15, 0.2) is 192 Å². The van der Waals surface area contributed by atoms with Crippen molar-refractivity contribution in [2.45, 2.75) is 0 Å². The van der Waals surface area contributed by atoms with E-state index < -0.39 is 15.0 Å². The van der Waals surface area contributed by atoms with Crippen LogP contribution in [0.3, 0.4) is 0 Å². The lowest BCUT2D eigenvalue weighted by molar-refractivity contribution is 0.669. The molecule has 0 saturated heterocycles. The van der Waals surface area contributed by atoms with Crippen LogP contribution >= 0.6 is 0 Å². The van der Waals surface area contributed by atoms with Crippen LogP contribution in [0.2, 0.25) is 0 Å². The van der Waals surface area contributed by atoms with E-state index >= 15 is 0 Å². The number of aromatic nitrogens is 2. The summed E-state index contributed by atoms with van der Waals surface area (Å²) in [6.07, 6.45) is 0. The average Bonchev–Trinajstić information content (AvgIpc) is 3.89. The Hall–Kier alpha value is -6.62. The van der Waals surface area contributed by atoms with Crippen molar-refractivity contribution >= 4 is 94.4 Å². The van der Waals surface area contributed by atoms with Gasteiger partial charge >= 0.3 is 0 Å². The number of rotatable bonds is 5. The molecule has 0 unspecified atom stereocenters. The summed E-state index contributed by atoms with van der Waals surface area (Å²) in [7, 11) is -3.06. The molecule has 0 atom stereocenters. The monoisotopic (exact) mass is 697 g/mol. The van der Waals surface area contributed by atoms with Gasteiger partial charge in [-0.25, -0.2) is 0 Å². The quantitative estimate of drug-likeness (QED) is 0.130. The van der Waals surface area contributed by atoms with E-state index in [0.717, 1.165) is 49.4 Å².